The van der Waals surface area contributed by atoms with Gasteiger partial charge in [-0.1, -0.05) is 6.07 Å². The highest BCUT2D eigenvalue weighted by atomic mass is 32.2. The van der Waals surface area contributed by atoms with E-state index in [-0.39, 0.29) is 24.0 Å². The highest BCUT2D eigenvalue weighted by Crippen LogP contribution is 2.22. The molecule has 0 aromatic heterocycles. The van der Waals surface area contributed by atoms with Crippen molar-refractivity contribution in [3.63, 3.8) is 0 Å². The van der Waals surface area contributed by atoms with Crippen LogP contribution in [0.1, 0.15) is 15.9 Å². The van der Waals surface area contributed by atoms with E-state index in [1.165, 1.54) is 16.7 Å². The number of amides is 3. The molecule has 2 N–H and O–H groups in total. The monoisotopic (exact) mass is 294 g/mol. The number of benzene rings is 1. The molecule has 6 nitrogen and oxygen atoms in total. The minimum atomic E-state index is -0.959. The molecule has 0 radical (unpaired) electrons. The molecule has 7 heteroatoms. The van der Waals surface area contributed by atoms with Crippen molar-refractivity contribution in [2.45, 2.75) is 11.8 Å². The van der Waals surface area contributed by atoms with Crippen LogP contribution >= 0.6 is 11.8 Å². The SMILES string of the molecule is Cc1ccc(SCCN2C(=O)CNC2=O)cc1C(=O)O. The fraction of sp³-hybridized carbons (Fsp3) is 0.308. The van der Waals surface area contributed by atoms with Crippen molar-refractivity contribution in [1.82, 2.24) is 10.2 Å². The minimum Gasteiger partial charge on any atom is -0.478 e. The molecular weight excluding hydrogens is 280 g/mol. The molecule has 1 aromatic carbocycles. The highest BCUT2D eigenvalue weighted by Gasteiger charge is 2.27. The van der Waals surface area contributed by atoms with Gasteiger partial charge in [-0.05, 0) is 24.6 Å². The standard InChI is InChI=1S/C13H14N2O4S/c1-8-2-3-9(6-10(8)12(17)18)20-5-4-15-11(16)7-14-13(15)19/h2-3,6H,4-5,7H2,1H3,(H,14,19)(H,17,18). The third kappa shape index (κ3) is 3.11. The summed E-state index contributed by atoms with van der Waals surface area (Å²) >= 11 is 1.41. The van der Waals surface area contributed by atoms with E-state index in [0.717, 1.165) is 4.90 Å². The Hall–Kier alpha value is -2.02. The van der Waals surface area contributed by atoms with Crippen LogP contribution in [0, 0.1) is 6.92 Å². The van der Waals surface area contributed by atoms with Gasteiger partial charge in [0.1, 0.15) is 0 Å². The summed E-state index contributed by atoms with van der Waals surface area (Å²) in [5.41, 5.74) is 0.973. The van der Waals surface area contributed by atoms with E-state index < -0.39 is 5.97 Å². The zero-order valence-electron chi connectivity index (χ0n) is 10.9. The summed E-state index contributed by atoms with van der Waals surface area (Å²) in [6, 6.07) is 4.82. The van der Waals surface area contributed by atoms with Gasteiger partial charge in [0.15, 0.2) is 0 Å². The molecule has 106 valence electrons. The molecular formula is C13H14N2O4S. The number of aromatic carboxylic acids is 1. The first-order valence-corrected chi connectivity index (χ1v) is 7.02. The summed E-state index contributed by atoms with van der Waals surface area (Å²) in [6.45, 7) is 2.11. The summed E-state index contributed by atoms with van der Waals surface area (Å²) < 4.78 is 0. The van der Waals surface area contributed by atoms with Gasteiger partial charge >= 0.3 is 12.0 Å². The number of rotatable bonds is 5. The van der Waals surface area contributed by atoms with Crippen LogP contribution in [-0.2, 0) is 4.79 Å². The summed E-state index contributed by atoms with van der Waals surface area (Å²) in [7, 11) is 0. The molecule has 1 heterocycles. The number of hydrogen-bond acceptors (Lipinski definition) is 4. The lowest BCUT2D eigenvalue weighted by atomic mass is 10.1. The third-order valence-corrected chi connectivity index (χ3v) is 3.93. The Balaban J connectivity index is 1.94. The van der Waals surface area contributed by atoms with E-state index in [1.807, 2.05) is 6.07 Å². The zero-order valence-corrected chi connectivity index (χ0v) is 11.7. The number of carboxylic acid groups (broad SMARTS) is 1. The number of hydrogen-bond donors (Lipinski definition) is 2. The average molecular weight is 294 g/mol. The number of thioether (sulfide) groups is 1. The smallest absolute Gasteiger partial charge is 0.335 e. The predicted octanol–water partition coefficient (Wildman–Crippen LogP) is 1.34. The lowest BCUT2D eigenvalue weighted by Gasteiger charge is -2.12. The molecule has 0 unspecified atom stereocenters. The van der Waals surface area contributed by atoms with Crippen molar-refractivity contribution in [3.05, 3.63) is 29.3 Å². The summed E-state index contributed by atoms with van der Waals surface area (Å²) in [5, 5.41) is 11.5. The maximum atomic E-state index is 11.4. The van der Waals surface area contributed by atoms with Crippen LogP contribution in [0.25, 0.3) is 0 Å². The van der Waals surface area contributed by atoms with Gasteiger partial charge in [0.05, 0.1) is 12.1 Å². The summed E-state index contributed by atoms with van der Waals surface area (Å²) in [4.78, 5) is 35.7. The number of carbonyl (C=O) groups is 3. The van der Waals surface area contributed by atoms with Crippen molar-refractivity contribution >= 4 is 29.7 Å². The van der Waals surface area contributed by atoms with Crippen molar-refractivity contribution in [2.24, 2.45) is 0 Å². The van der Waals surface area contributed by atoms with Gasteiger partial charge in [-0.3, -0.25) is 9.69 Å². The number of nitrogens with one attached hydrogen (secondary N) is 1. The molecule has 1 aromatic rings. The third-order valence-electron chi connectivity index (χ3n) is 2.96. The molecule has 1 aliphatic rings. The van der Waals surface area contributed by atoms with Gasteiger partial charge in [-0.2, -0.15) is 0 Å². The fourth-order valence-electron chi connectivity index (χ4n) is 1.86. The first kappa shape index (κ1) is 14.4. The molecule has 1 aliphatic heterocycles. The first-order chi connectivity index (χ1) is 9.49. The normalized spacial score (nSPS) is 14.6. The van der Waals surface area contributed by atoms with E-state index in [4.69, 9.17) is 5.11 Å². The van der Waals surface area contributed by atoms with E-state index in [1.54, 1.807) is 19.1 Å². The lowest BCUT2D eigenvalue weighted by molar-refractivity contribution is -0.124. The average Bonchev–Trinajstić information content (AvgIpc) is 2.72. The topological polar surface area (TPSA) is 86.7 Å². The van der Waals surface area contributed by atoms with E-state index >= 15 is 0 Å². The van der Waals surface area contributed by atoms with Crippen LogP contribution in [0.2, 0.25) is 0 Å². The number of nitrogens with zero attached hydrogens (tertiary/aromatic N) is 1. The molecule has 1 fully saturated rings. The summed E-state index contributed by atoms with van der Waals surface area (Å²) in [5.74, 6) is -0.661. The Labute approximate surface area is 120 Å². The summed E-state index contributed by atoms with van der Waals surface area (Å²) in [6.07, 6.45) is 0. The largest absolute Gasteiger partial charge is 0.478 e. The second kappa shape index (κ2) is 5.96. The van der Waals surface area contributed by atoms with E-state index in [0.29, 0.717) is 17.9 Å². The second-order valence-corrected chi connectivity index (χ2v) is 5.50. The Morgan fingerprint density at radius 2 is 2.20 bits per heavy atom. The molecule has 2 rings (SSSR count). The molecule has 0 atom stereocenters. The van der Waals surface area contributed by atoms with Crippen molar-refractivity contribution < 1.29 is 19.5 Å². The Morgan fingerprint density at radius 3 is 2.80 bits per heavy atom. The quantitative estimate of drug-likeness (QED) is 0.632. The molecule has 0 spiro atoms. The molecule has 1 saturated heterocycles. The van der Waals surface area contributed by atoms with Crippen molar-refractivity contribution in [3.8, 4) is 0 Å². The van der Waals surface area contributed by atoms with Gasteiger partial charge in [0.25, 0.3) is 0 Å². The molecule has 0 saturated carbocycles. The molecule has 0 aliphatic carbocycles. The van der Waals surface area contributed by atoms with Gasteiger partial charge < -0.3 is 10.4 Å². The maximum Gasteiger partial charge on any atom is 0.335 e. The Kier molecular flexibility index (Phi) is 4.29. The van der Waals surface area contributed by atoms with Crippen LogP contribution in [-0.4, -0.2) is 46.8 Å². The van der Waals surface area contributed by atoms with Crippen LogP contribution in [0.4, 0.5) is 4.79 Å². The molecule has 20 heavy (non-hydrogen) atoms. The van der Waals surface area contributed by atoms with Gasteiger partial charge in [0, 0.05) is 17.2 Å². The second-order valence-electron chi connectivity index (χ2n) is 4.33. The van der Waals surface area contributed by atoms with Gasteiger partial charge in [-0.25, -0.2) is 9.59 Å². The van der Waals surface area contributed by atoms with Crippen LogP contribution < -0.4 is 5.32 Å². The Bertz CT molecular complexity index is 557. The van der Waals surface area contributed by atoms with E-state index in [2.05, 4.69) is 5.32 Å². The zero-order chi connectivity index (χ0) is 14.7. The molecule has 3 amide bonds. The predicted molar refractivity (Wildman–Crippen MR) is 74.0 cm³/mol. The number of carbonyl (C=O) groups excluding carboxylic acids is 2. The Morgan fingerprint density at radius 1 is 1.45 bits per heavy atom. The fourth-order valence-corrected chi connectivity index (χ4v) is 2.73. The number of urea groups is 1. The maximum absolute atomic E-state index is 11.4. The molecule has 0 bridgehead atoms. The number of imide groups is 1. The van der Waals surface area contributed by atoms with Crippen molar-refractivity contribution in [1.29, 1.82) is 0 Å². The van der Waals surface area contributed by atoms with Crippen LogP contribution in [0.3, 0.4) is 0 Å². The first-order valence-electron chi connectivity index (χ1n) is 6.04. The number of aryl methyl sites for hydroxylation is 1. The highest BCUT2D eigenvalue weighted by molar-refractivity contribution is 7.99. The lowest BCUT2D eigenvalue weighted by Crippen LogP contribution is -2.32. The van der Waals surface area contributed by atoms with Crippen LogP contribution in [0.5, 0.6) is 0 Å². The van der Waals surface area contributed by atoms with Gasteiger partial charge in [0.2, 0.25) is 5.91 Å². The van der Waals surface area contributed by atoms with Gasteiger partial charge in [-0.15, -0.1) is 11.8 Å². The number of carboxylic acids is 1. The van der Waals surface area contributed by atoms with Crippen molar-refractivity contribution in [2.75, 3.05) is 18.8 Å². The van der Waals surface area contributed by atoms with E-state index in [9.17, 15) is 14.4 Å². The van der Waals surface area contributed by atoms with Crippen LogP contribution in [0.15, 0.2) is 23.1 Å². The minimum absolute atomic E-state index is 0.0528.